The molecule has 0 radical (unpaired) electrons. The summed E-state index contributed by atoms with van der Waals surface area (Å²) in [5.74, 6) is -0.380. The fourth-order valence-electron chi connectivity index (χ4n) is 4.15. The first-order chi connectivity index (χ1) is 16.5. The molecular formula is C23H27FN4O5S2. The van der Waals surface area contributed by atoms with Gasteiger partial charge in [0.25, 0.3) is 5.19 Å². The van der Waals surface area contributed by atoms with Crippen LogP contribution < -0.4 is 4.74 Å². The van der Waals surface area contributed by atoms with Gasteiger partial charge in [0.05, 0.1) is 16.8 Å². The van der Waals surface area contributed by atoms with E-state index in [1.165, 1.54) is 28.0 Å². The maximum Gasteiger partial charge on any atom is 0.410 e. The molecule has 1 aliphatic heterocycles. The third kappa shape index (κ3) is 5.13. The number of sulfone groups is 1. The van der Waals surface area contributed by atoms with Gasteiger partial charge in [0, 0.05) is 24.9 Å². The van der Waals surface area contributed by atoms with Crippen molar-refractivity contribution in [3.8, 4) is 16.5 Å². The zero-order chi connectivity index (χ0) is 25.0. The lowest BCUT2D eigenvalue weighted by Crippen LogP contribution is -2.43. The largest absolute Gasteiger partial charge is 0.466 e. The number of piperidine rings is 1. The minimum absolute atomic E-state index is 0.0810. The van der Waals surface area contributed by atoms with Crippen molar-refractivity contribution in [1.82, 2.24) is 19.5 Å². The Hall–Kier alpha value is -2.73. The number of benzene rings is 1. The summed E-state index contributed by atoms with van der Waals surface area (Å²) in [6.45, 7) is 5.24. The highest BCUT2D eigenvalue weighted by molar-refractivity contribution is 7.90. The third-order valence-electron chi connectivity index (χ3n) is 6.71. The Morgan fingerprint density at radius 2 is 2.00 bits per heavy atom. The molecule has 0 N–H and O–H groups in total. The van der Waals surface area contributed by atoms with Crippen molar-refractivity contribution in [3.05, 3.63) is 30.2 Å². The molecule has 9 nitrogen and oxygen atoms in total. The normalized spacial score (nSPS) is 19.0. The van der Waals surface area contributed by atoms with Gasteiger partial charge in [-0.3, -0.25) is 0 Å². The van der Waals surface area contributed by atoms with Crippen LogP contribution in [0.15, 0.2) is 29.3 Å². The van der Waals surface area contributed by atoms with Crippen LogP contribution in [0.3, 0.4) is 0 Å². The summed E-state index contributed by atoms with van der Waals surface area (Å²) < 4.78 is 51.0. The molecule has 5 rings (SSSR count). The smallest absolute Gasteiger partial charge is 0.410 e. The molecule has 1 unspecified atom stereocenters. The van der Waals surface area contributed by atoms with E-state index in [0.29, 0.717) is 28.9 Å². The summed E-state index contributed by atoms with van der Waals surface area (Å²) in [6, 6.07) is 3.77. The molecule has 2 fully saturated rings. The highest BCUT2D eigenvalue weighted by atomic mass is 32.2. The first-order valence-corrected chi connectivity index (χ1v) is 14.2. The van der Waals surface area contributed by atoms with E-state index in [2.05, 4.69) is 10.1 Å². The van der Waals surface area contributed by atoms with Crippen LogP contribution in [0.4, 0.5) is 9.18 Å². The van der Waals surface area contributed by atoms with Gasteiger partial charge in [0.1, 0.15) is 17.5 Å². The number of fused-ring (bicyclic) bond motifs is 1. The van der Waals surface area contributed by atoms with Crippen LogP contribution in [0.2, 0.25) is 0 Å². The van der Waals surface area contributed by atoms with Crippen molar-refractivity contribution in [3.63, 3.8) is 0 Å². The van der Waals surface area contributed by atoms with Crippen molar-refractivity contribution < 1.29 is 27.1 Å². The first-order valence-electron chi connectivity index (χ1n) is 11.5. The Balaban J connectivity index is 1.20. The Labute approximate surface area is 206 Å². The molecule has 1 aliphatic carbocycles. The van der Waals surface area contributed by atoms with Crippen molar-refractivity contribution in [1.29, 1.82) is 0 Å². The predicted molar refractivity (Wildman–Crippen MR) is 128 cm³/mol. The summed E-state index contributed by atoms with van der Waals surface area (Å²) in [4.78, 5) is 19.0. The Morgan fingerprint density at radius 1 is 1.29 bits per heavy atom. The average molecular weight is 523 g/mol. The van der Waals surface area contributed by atoms with E-state index in [1.807, 2.05) is 13.8 Å². The van der Waals surface area contributed by atoms with Gasteiger partial charge >= 0.3 is 6.09 Å². The van der Waals surface area contributed by atoms with Crippen molar-refractivity contribution in [2.75, 3.05) is 19.3 Å². The highest BCUT2D eigenvalue weighted by Crippen LogP contribution is 2.39. The molecule has 188 valence electrons. The number of hydrogen-bond donors (Lipinski definition) is 0. The van der Waals surface area contributed by atoms with Crippen LogP contribution in [-0.2, 0) is 14.6 Å². The first kappa shape index (κ1) is 24.0. The fourth-order valence-corrected chi connectivity index (χ4v) is 5.60. The molecule has 1 saturated heterocycles. The standard InChI is InChI=1S/C23H27FN4O5S2/c1-14(15-6-10-27(11-7-15)22(29)33-23(2)8-9-23)32-21-26-28-13-19(25-20(28)34-21)17-5-4-16(12-18(17)24)35(3,30)31/h4-5,12-15H,6-11H2,1-3H3. The second-order valence-corrected chi connectivity index (χ2v) is 12.5. The second-order valence-electron chi connectivity index (χ2n) is 9.60. The highest BCUT2D eigenvalue weighted by Gasteiger charge is 2.43. The van der Waals surface area contributed by atoms with E-state index in [9.17, 15) is 17.6 Å². The topological polar surface area (TPSA) is 103 Å². The minimum Gasteiger partial charge on any atom is -0.466 e. The zero-order valence-electron chi connectivity index (χ0n) is 19.7. The maximum atomic E-state index is 14.5. The summed E-state index contributed by atoms with van der Waals surface area (Å²) in [6.07, 6.45) is 5.82. The fraction of sp³-hybridized carbons (Fsp3) is 0.522. The van der Waals surface area contributed by atoms with E-state index in [4.69, 9.17) is 9.47 Å². The van der Waals surface area contributed by atoms with Crippen LogP contribution in [0.1, 0.15) is 39.5 Å². The molecule has 1 atom stereocenters. The van der Waals surface area contributed by atoms with Crippen LogP contribution in [-0.4, -0.2) is 65.1 Å². The molecule has 3 heterocycles. The quantitative estimate of drug-likeness (QED) is 0.479. The number of aromatic nitrogens is 3. The molecule has 35 heavy (non-hydrogen) atoms. The Kier molecular flexibility index (Phi) is 5.99. The number of rotatable bonds is 6. The number of ether oxygens (including phenoxy) is 2. The number of likely N-dealkylation sites (tertiary alicyclic amines) is 1. The predicted octanol–water partition coefficient (Wildman–Crippen LogP) is 4.17. The number of imidazole rings is 1. The summed E-state index contributed by atoms with van der Waals surface area (Å²) in [5.41, 5.74) is 0.296. The number of carbonyl (C=O) groups is 1. The second kappa shape index (κ2) is 8.74. The van der Waals surface area contributed by atoms with Crippen molar-refractivity contribution in [2.45, 2.75) is 56.1 Å². The van der Waals surface area contributed by atoms with Crippen molar-refractivity contribution >= 4 is 32.2 Å². The van der Waals surface area contributed by atoms with Gasteiger partial charge in [0.15, 0.2) is 9.84 Å². The molecule has 2 aromatic heterocycles. The van der Waals surface area contributed by atoms with Crippen LogP contribution >= 0.6 is 11.3 Å². The summed E-state index contributed by atoms with van der Waals surface area (Å²) in [7, 11) is -3.50. The van der Waals surface area contributed by atoms with E-state index in [0.717, 1.165) is 38.0 Å². The van der Waals surface area contributed by atoms with Gasteiger partial charge < -0.3 is 14.4 Å². The number of halogens is 1. The van der Waals surface area contributed by atoms with E-state index >= 15 is 0 Å². The van der Waals surface area contributed by atoms with Crippen LogP contribution in [0, 0.1) is 11.7 Å². The van der Waals surface area contributed by atoms with Gasteiger partial charge in [-0.2, -0.15) is 0 Å². The van der Waals surface area contributed by atoms with Gasteiger partial charge in [0.2, 0.25) is 4.96 Å². The van der Waals surface area contributed by atoms with E-state index in [-0.39, 0.29) is 34.2 Å². The zero-order valence-corrected chi connectivity index (χ0v) is 21.4. The molecule has 2 aliphatic rings. The number of carbonyl (C=O) groups excluding carboxylic acids is 1. The SMILES string of the molecule is CC(Oc1nn2cc(-c3ccc(S(C)(=O)=O)cc3F)nc2s1)C1CCN(C(=O)OC2(C)CC2)CC1. The molecule has 1 saturated carbocycles. The molecular weight excluding hydrogens is 495 g/mol. The van der Waals surface area contributed by atoms with Gasteiger partial charge in [-0.1, -0.05) is 0 Å². The van der Waals surface area contributed by atoms with Gasteiger partial charge in [-0.25, -0.2) is 27.1 Å². The lowest BCUT2D eigenvalue weighted by atomic mass is 9.92. The number of nitrogens with zero attached hydrogens (tertiary/aromatic N) is 4. The summed E-state index contributed by atoms with van der Waals surface area (Å²) >= 11 is 1.25. The number of hydrogen-bond acceptors (Lipinski definition) is 8. The van der Waals surface area contributed by atoms with Crippen LogP contribution in [0.5, 0.6) is 5.19 Å². The lowest BCUT2D eigenvalue weighted by molar-refractivity contribution is 0.0372. The molecule has 0 spiro atoms. The van der Waals surface area contributed by atoms with E-state index < -0.39 is 15.7 Å². The average Bonchev–Trinajstić information content (AvgIpc) is 3.21. The Morgan fingerprint density at radius 3 is 2.60 bits per heavy atom. The van der Waals surface area contributed by atoms with Crippen molar-refractivity contribution in [2.24, 2.45) is 5.92 Å². The maximum absolute atomic E-state index is 14.5. The molecule has 1 aromatic carbocycles. The molecule has 3 aromatic rings. The number of amides is 1. The monoisotopic (exact) mass is 522 g/mol. The third-order valence-corrected chi connectivity index (χ3v) is 8.63. The summed E-state index contributed by atoms with van der Waals surface area (Å²) in [5, 5.41) is 4.88. The lowest BCUT2D eigenvalue weighted by Gasteiger charge is -2.34. The molecule has 12 heteroatoms. The van der Waals surface area contributed by atoms with E-state index in [1.54, 1.807) is 11.1 Å². The molecule has 0 bridgehead atoms. The Bertz CT molecular complexity index is 1340. The van der Waals surface area contributed by atoms with Crippen LogP contribution in [0.25, 0.3) is 16.2 Å². The van der Waals surface area contributed by atoms with Gasteiger partial charge in [-0.05, 0) is 75.0 Å². The van der Waals surface area contributed by atoms with Gasteiger partial charge in [-0.15, -0.1) is 5.10 Å². The molecule has 1 amide bonds. The minimum atomic E-state index is -3.50.